The van der Waals surface area contributed by atoms with Crippen LogP contribution in [-0.4, -0.2) is 70.1 Å². The van der Waals surface area contributed by atoms with Crippen LogP contribution in [0.3, 0.4) is 0 Å². The van der Waals surface area contributed by atoms with E-state index in [2.05, 4.69) is 38.0 Å². The van der Waals surface area contributed by atoms with Gasteiger partial charge >= 0.3 is 0 Å². The van der Waals surface area contributed by atoms with Crippen LogP contribution in [0.1, 0.15) is 25.7 Å². The minimum atomic E-state index is -0.286. The third-order valence-corrected chi connectivity index (χ3v) is 3.14. The van der Waals surface area contributed by atoms with Gasteiger partial charge in [-0.25, -0.2) is 0 Å². The molecule has 0 atom stereocenters. The smallest absolute Gasteiger partial charge is 0.168 e. The van der Waals surface area contributed by atoms with E-state index in [-0.39, 0.29) is 5.79 Å². The molecular formula is C13H28N2O2. The molecule has 0 aromatic carbocycles. The molecule has 0 saturated carbocycles. The highest BCUT2D eigenvalue weighted by Crippen LogP contribution is 2.30. The van der Waals surface area contributed by atoms with Crippen molar-refractivity contribution in [3.8, 4) is 0 Å². The summed E-state index contributed by atoms with van der Waals surface area (Å²) < 4.78 is 11.7. The molecule has 17 heavy (non-hydrogen) atoms. The Morgan fingerprint density at radius 1 is 0.824 bits per heavy atom. The van der Waals surface area contributed by atoms with Crippen molar-refractivity contribution in [2.75, 3.05) is 54.5 Å². The summed E-state index contributed by atoms with van der Waals surface area (Å²) in [5.41, 5.74) is 0. The van der Waals surface area contributed by atoms with Gasteiger partial charge in [0.25, 0.3) is 0 Å². The largest absolute Gasteiger partial charge is 0.348 e. The summed E-state index contributed by atoms with van der Waals surface area (Å²) in [4.78, 5) is 4.42. The second-order valence-corrected chi connectivity index (χ2v) is 5.42. The Kier molecular flexibility index (Phi) is 6.41. The van der Waals surface area contributed by atoms with Crippen LogP contribution in [0.15, 0.2) is 0 Å². The Morgan fingerprint density at radius 3 is 1.59 bits per heavy atom. The third-order valence-electron chi connectivity index (χ3n) is 3.14. The van der Waals surface area contributed by atoms with Crippen LogP contribution >= 0.6 is 0 Å². The third kappa shape index (κ3) is 5.82. The maximum Gasteiger partial charge on any atom is 0.168 e. The summed E-state index contributed by atoms with van der Waals surface area (Å²) in [7, 11) is 8.42. The number of hydrogen-bond donors (Lipinski definition) is 0. The molecule has 1 heterocycles. The second kappa shape index (κ2) is 7.31. The topological polar surface area (TPSA) is 24.9 Å². The molecule has 0 unspecified atom stereocenters. The zero-order chi connectivity index (χ0) is 12.7. The second-order valence-electron chi connectivity index (χ2n) is 5.42. The monoisotopic (exact) mass is 244 g/mol. The maximum absolute atomic E-state index is 5.84. The molecule has 4 nitrogen and oxygen atoms in total. The van der Waals surface area contributed by atoms with Gasteiger partial charge in [-0.15, -0.1) is 0 Å². The molecule has 0 N–H and O–H groups in total. The van der Waals surface area contributed by atoms with Gasteiger partial charge in [0.1, 0.15) is 0 Å². The van der Waals surface area contributed by atoms with Crippen LogP contribution in [0.5, 0.6) is 0 Å². The highest BCUT2D eigenvalue weighted by molar-refractivity contribution is 4.75. The van der Waals surface area contributed by atoms with E-state index in [1.54, 1.807) is 0 Å². The first-order chi connectivity index (χ1) is 8.04. The van der Waals surface area contributed by atoms with E-state index in [1.807, 2.05) is 0 Å². The number of rotatable bonds is 8. The predicted octanol–water partition coefficient (Wildman–Crippen LogP) is 1.41. The van der Waals surface area contributed by atoms with Gasteiger partial charge in [-0.1, -0.05) is 0 Å². The molecule has 1 rings (SSSR count). The fourth-order valence-electron chi connectivity index (χ4n) is 2.24. The van der Waals surface area contributed by atoms with Crippen LogP contribution < -0.4 is 0 Å². The van der Waals surface area contributed by atoms with Crippen molar-refractivity contribution < 1.29 is 9.47 Å². The first-order valence-electron chi connectivity index (χ1n) is 6.61. The van der Waals surface area contributed by atoms with Crippen molar-refractivity contribution in [1.29, 1.82) is 0 Å². The standard InChI is InChI=1S/C13H28N2O2/c1-14(2)9-5-7-13(16-11-12-17-13)8-6-10-15(3)4/h5-12H2,1-4H3. The van der Waals surface area contributed by atoms with E-state index in [4.69, 9.17) is 9.47 Å². The molecule has 0 spiro atoms. The lowest BCUT2D eigenvalue weighted by Crippen LogP contribution is -2.32. The molecule has 0 amide bonds. The Labute approximate surface area is 106 Å². The Balaban J connectivity index is 2.29. The van der Waals surface area contributed by atoms with Gasteiger partial charge < -0.3 is 19.3 Å². The van der Waals surface area contributed by atoms with E-state index in [0.717, 1.165) is 52.0 Å². The van der Waals surface area contributed by atoms with Crippen LogP contribution in [0, 0.1) is 0 Å². The average Bonchev–Trinajstić information content (AvgIpc) is 2.66. The van der Waals surface area contributed by atoms with Crippen LogP contribution in [0.4, 0.5) is 0 Å². The highest BCUT2D eigenvalue weighted by atomic mass is 16.7. The molecule has 0 aromatic heterocycles. The van der Waals surface area contributed by atoms with E-state index in [1.165, 1.54) is 0 Å². The van der Waals surface area contributed by atoms with Crippen molar-refractivity contribution in [3.63, 3.8) is 0 Å². The van der Waals surface area contributed by atoms with Gasteiger partial charge in [0.05, 0.1) is 13.2 Å². The molecule has 0 aromatic rings. The molecule has 4 heteroatoms. The van der Waals surface area contributed by atoms with Gasteiger partial charge in [0.2, 0.25) is 0 Å². The summed E-state index contributed by atoms with van der Waals surface area (Å²) in [6.07, 6.45) is 4.29. The Hall–Kier alpha value is -0.160. The molecule has 0 radical (unpaired) electrons. The molecule has 1 aliphatic heterocycles. The quantitative estimate of drug-likeness (QED) is 0.644. The van der Waals surface area contributed by atoms with E-state index >= 15 is 0 Å². The molecule has 0 aliphatic carbocycles. The van der Waals surface area contributed by atoms with E-state index in [0.29, 0.717) is 0 Å². The van der Waals surface area contributed by atoms with Gasteiger partial charge in [-0.05, 0) is 54.1 Å². The molecule has 1 fully saturated rings. The normalized spacial score (nSPS) is 19.4. The molecule has 1 aliphatic rings. The fourth-order valence-corrected chi connectivity index (χ4v) is 2.24. The van der Waals surface area contributed by atoms with E-state index < -0.39 is 0 Å². The van der Waals surface area contributed by atoms with Crippen molar-refractivity contribution in [1.82, 2.24) is 9.80 Å². The lowest BCUT2D eigenvalue weighted by atomic mass is 10.0. The number of ether oxygens (including phenoxy) is 2. The summed E-state index contributed by atoms with van der Waals surface area (Å²) >= 11 is 0. The van der Waals surface area contributed by atoms with Crippen molar-refractivity contribution in [3.05, 3.63) is 0 Å². The first-order valence-corrected chi connectivity index (χ1v) is 6.61. The highest BCUT2D eigenvalue weighted by Gasteiger charge is 2.35. The first kappa shape index (κ1) is 14.9. The number of nitrogens with zero attached hydrogens (tertiary/aromatic N) is 2. The summed E-state index contributed by atoms with van der Waals surface area (Å²) in [6.45, 7) is 3.71. The van der Waals surface area contributed by atoms with Crippen LogP contribution in [0.2, 0.25) is 0 Å². The Bertz CT molecular complexity index is 186. The molecule has 1 saturated heterocycles. The minimum Gasteiger partial charge on any atom is -0.348 e. The molecule has 102 valence electrons. The average molecular weight is 244 g/mol. The zero-order valence-corrected chi connectivity index (χ0v) is 11.9. The van der Waals surface area contributed by atoms with Crippen molar-refractivity contribution in [2.24, 2.45) is 0 Å². The molecular weight excluding hydrogens is 216 g/mol. The summed E-state index contributed by atoms with van der Waals surface area (Å²) in [6, 6.07) is 0. The zero-order valence-electron chi connectivity index (χ0n) is 11.9. The lowest BCUT2D eigenvalue weighted by Gasteiger charge is -2.28. The van der Waals surface area contributed by atoms with Crippen molar-refractivity contribution in [2.45, 2.75) is 31.5 Å². The Morgan fingerprint density at radius 2 is 1.24 bits per heavy atom. The number of hydrogen-bond acceptors (Lipinski definition) is 4. The maximum atomic E-state index is 5.84. The lowest BCUT2D eigenvalue weighted by molar-refractivity contribution is -0.169. The SMILES string of the molecule is CN(C)CCCC1(CCCN(C)C)OCCO1. The van der Waals surface area contributed by atoms with Gasteiger partial charge in [-0.2, -0.15) is 0 Å². The van der Waals surface area contributed by atoms with Crippen molar-refractivity contribution >= 4 is 0 Å². The van der Waals surface area contributed by atoms with Gasteiger partial charge in [0.15, 0.2) is 5.79 Å². The van der Waals surface area contributed by atoms with Gasteiger partial charge in [0, 0.05) is 12.8 Å². The predicted molar refractivity (Wildman–Crippen MR) is 70.2 cm³/mol. The summed E-state index contributed by atoms with van der Waals surface area (Å²) in [5.74, 6) is -0.286. The van der Waals surface area contributed by atoms with Gasteiger partial charge in [-0.3, -0.25) is 0 Å². The minimum absolute atomic E-state index is 0.286. The molecule has 0 bridgehead atoms. The van der Waals surface area contributed by atoms with Crippen LogP contribution in [-0.2, 0) is 9.47 Å². The van der Waals surface area contributed by atoms with Crippen LogP contribution in [0.25, 0.3) is 0 Å². The van der Waals surface area contributed by atoms with E-state index in [9.17, 15) is 0 Å². The fraction of sp³-hybridized carbons (Fsp3) is 1.00. The summed E-state index contributed by atoms with van der Waals surface area (Å²) in [5, 5.41) is 0.